The average Bonchev–Trinajstić information content (AvgIpc) is 3.22. The number of likely N-dealkylation sites (tertiary alicyclic amines) is 1. The predicted octanol–water partition coefficient (Wildman–Crippen LogP) is 3.98. The quantitative estimate of drug-likeness (QED) is 0.716. The minimum absolute atomic E-state index is 0.104. The fourth-order valence-electron chi connectivity index (χ4n) is 4.20. The molecular formula is C24H26N2O3. The van der Waals surface area contributed by atoms with Gasteiger partial charge in [0, 0.05) is 23.7 Å². The van der Waals surface area contributed by atoms with Gasteiger partial charge in [-0.3, -0.25) is 14.5 Å². The van der Waals surface area contributed by atoms with Crippen molar-refractivity contribution in [3.05, 3.63) is 69.9 Å². The van der Waals surface area contributed by atoms with Crippen LogP contribution in [0.2, 0.25) is 0 Å². The van der Waals surface area contributed by atoms with E-state index in [9.17, 15) is 9.59 Å². The Morgan fingerprint density at radius 1 is 1.17 bits per heavy atom. The first-order valence-electron chi connectivity index (χ1n) is 10.2. The van der Waals surface area contributed by atoms with Gasteiger partial charge < -0.3 is 9.73 Å². The van der Waals surface area contributed by atoms with E-state index in [1.54, 1.807) is 25.1 Å². The summed E-state index contributed by atoms with van der Waals surface area (Å²) in [6.07, 6.45) is 2.26. The molecule has 4 rings (SSSR count). The topological polar surface area (TPSA) is 62.6 Å². The average molecular weight is 390 g/mol. The molecular weight excluding hydrogens is 364 g/mol. The molecule has 3 aromatic rings. The summed E-state index contributed by atoms with van der Waals surface area (Å²) >= 11 is 0. The highest BCUT2D eigenvalue weighted by Crippen LogP contribution is 2.27. The van der Waals surface area contributed by atoms with Crippen LogP contribution in [0.15, 0.2) is 57.7 Å². The van der Waals surface area contributed by atoms with Gasteiger partial charge in [-0.15, -0.1) is 0 Å². The number of nitrogens with one attached hydrogen (secondary N) is 1. The zero-order chi connectivity index (χ0) is 20.4. The Labute approximate surface area is 170 Å². The molecule has 0 radical (unpaired) electrons. The molecule has 2 aromatic carbocycles. The molecule has 0 bridgehead atoms. The van der Waals surface area contributed by atoms with Gasteiger partial charge in [0.1, 0.15) is 5.76 Å². The van der Waals surface area contributed by atoms with Crippen LogP contribution in [0.4, 0.5) is 0 Å². The molecule has 1 amide bonds. The van der Waals surface area contributed by atoms with Crippen molar-refractivity contribution in [1.29, 1.82) is 0 Å². The fourth-order valence-corrected chi connectivity index (χ4v) is 4.20. The smallest absolute Gasteiger partial charge is 0.255 e. The third-order valence-electron chi connectivity index (χ3n) is 5.83. The number of benzene rings is 2. The molecule has 1 aromatic heterocycles. The molecule has 1 aliphatic rings. The Bertz CT molecular complexity index is 1090. The molecule has 150 valence electrons. The van der Waals surface area contributed by atoms with Crippen molar-refractivity contribution in [3.63, 3.8) is 0 Å². The Hall–Kier alpha value is -2.92. The summed E-state index contributed by atoms with van der Waals surface area (Å²) in [5.74, 6) is 0.306. The Morgan fingerprint density at radius 2 is 1.97 bits per heavy atom. The lowest BCUT2D eigenvalue weighted by molar-refractivity contribution is 0.0942. The van der Waals surface area contributed by atoms with Crippen molar-refractivity contribution < 1.29 is 9.21 Å². The Balaban J connectivity index is 1.70. The normalized spacial score (nSPS) is 17.0. The van der Waals surface area contributed by atoms with E-state index in [1.165, 1.54) is 0 Å². The molecule has 0 aliphatic carbocycles. The number of likely N-dealkylation sites (N-methyl/N-ethyl adjacent to an activating group) is 1. The summed E-state index contributed by atoms with van der Waals surface area (Å²) in [6, 6.07) is 15.1. The number of fused-ring (bicyclic) bond motifs is 1. The molecule has 0 spiro atoms. The molecule has 1 unspecified atom stereocenters. The SMILES string of the molecule is CCN1CCCC1CNC(=O)c1cccc2c(=O)c(C)c(-c3ccccc3)oc12. The van der Waals surface area contributed by atoms with Gasteiger partial charge in [-0.25, -0.2) is 0 Å². The zero-order valence-corrected chi connectivity index (χ0v) is 16.9. The lowest BCUT2D eigenvalue weighted by atomic mass is 10.0. The van der Waals surface area contributed by atoms with Crippen molar-refractivity contribution in [3.8, 4) is 11.3 Å². The van der Waals surface area contributed by atoms with E-state index >= 15 is 0 Å². The Morgan fingerprint density at radius 3 is 2.72 bits per heavy atom. The van der Waals surface area contributed by atoms with Gasteiger partial charge in [-0.05, 0) is 45.0 Å². The van der Waals surface area contributed by atoms with Gasteiger partial charge in [0.25, 0.3) is 5.91 Å². The molecule has 5 nitrogen and oxygen atoms in total. The van der Waals surface area contributed by atoms with E-state index in [1.807, 2.05) is 30.3 Å². The van der Waals surface area contributed by atoms with Gasteiger partial charge in [0.2, 0.25) is 0 Å². The summed E-state index contributed by atoms with van der Waals surface area (Å²) in [6.45, 7) is 6.58. The van der Waals surface area contributed by atoms with Crippen molar-refractivity contribution in [2.45, 2.75) is 32.7 Å². The molecule has 29 heavy (non-hydrogen) atoms. The molecule has 1 aliphatic heterocycles. The van der Waals surface area contributed by atoms with Crippen LogP contribution in [0.25, 0.3) is 22.3 Å². The number of rotatable bonds is 5. The minimum atomic E-state index is -0.204. The maximum Gasteiger partial charge on any atom is 0.255 e. The first-order chi connectivity index (χ1) is 14.1. The summed E-state index contributed by atoms with van der Waals surface area (Å²) in [7, 11) is 0. The van der Waals surface area contributed by atoms with Crippen LogP contribution >= 0.6 is 0 Å². The van der Waals surface area contributed by atoms with Gasteiger partial charge in [-0.2, -0.15) is 0 Å². The van der Waals surface area contributed by atoms with Crippen LogP contribution in [0.5, 0.6) is 0 Å². The number of carbonyl (C=O) groups is 1. The lowest BCUT2D eigenvalue weighted by Crippen LogP contribution is -2.40. The number of carbonyl (C=O) groups excluding carboxylic acids is 1. The van der Waals surface area contributed by atoms with E-state index in [0.717, 1.165) is 31.5 Å². The second kappa shape index (κ2) is 8.21. The number of hydrogen-bond acceptors (Lipinski definition) is 4. The molecule has 1 fully saturated rings. The van der Waals surface area contributed by atoms with Gasteiger partial charge in [0.05, 0.1) is 10.9 Å². The van der Waals surface area contributed by atoms with E-state index in [0.29, 0.717) is 40.4 Å². The first-order valence-corrected chi connectivity index (χ1v) is 10.2. The molecule has 1 saturated heterocycles. The maximum atomic E-state index is 13.0. The van der Waals surface area contributed by atoms with Crippen LogP contribution in [-0.4, -0.2) is 36.5 Å². The van der Waals surface area contributed by atoms with Crippen molar-refractivity contribution >= 4 is 16.9 Å². The lowest BCUT2D eigenvalue weighted by Gasteiger charge is -2.23. The monoisotopic (exact) mass is 390 g/mol. The predicted molar refractivity (Wildman–Crippen MR) is 115 cm³/mol. The van der Waals surface area contributed by atoms with Gasteiger partial charge in [0.15, 0.2) is 11.0 Å². The van der Waals surface area contributed by atoms with Crippen LogP contribution in [0.1, 0.15) is 35.7 Å². The van der Waals surface area contributed by atoms with E-state index < -0.39 is 0 Å². The van der Waals surface area contributed by atoms with Crippen LogP contribution < -0.4 is 10.7 Å². The van der Waals surface area contributed by atoms with Crippen LogP contribution in [0.3, 0.4) is 0 Å². The van der Waals surface area contributed by atoms with Crippen molar-refractivity contribution in [2.24, 2.45) is 0 Å². The largest absolute Gasteiger partial charge is 0.455 e. The number of amides is 1. The number of para-hydroxylation sites is 1. The standard InChI is InChI=1S/C24H26N2O3/c1-3-26-14-8-11-18(26)15-25-24(28)20-13-7-12-19-21(27)16(2)22(29-23(19)20)17-9-5-4-6-10-17/h4-7,9-10,12-13,18H,3,8,11,14-15H2,1-2H3,(H,25,28). The van der Waals surface area contributed by atoms with Gasteiger partial charge >= 0.3 is 0 Å². The maximum absolute atomic E-state index is 13.0. The van der Waals surface area contributed by atoms with E-state index in [4.69, 9.17) is 4.42 Å². The zero-order valence-electron chi connectivity index (χ0n) is 16.9. The van der Waals surface area contributed by atoms with Crippen LogP contribution in [-0.2, 0) is 0 Å². The minimum Gasteiger partial charge on any atom is -0.455 e. The third kappa shape index (κ3) is 3.70. The Kier molecular flexibility index (Phi) is 5.49. The van der Waals surface area contributed by atoms with Crippen molar-refractivity contribution in [2.75, 3.05) is 19.6 Å². The molecule has 5 heteroatoms. The second-order valence-electron chi connectivity index (χ2n) is 7.57. The highest BCUT2D eigenvalue weighted by atomic mass is 16.3. The van der Waals surface area contributed by atoms with E-state index in [2.05, 4.69) is 17.1 Å². The number of hydrogen-bond donors (Lipinski definition) is 1. The molecule has 0 saturated carbocycles. The molecule has 1 N–H and O–H groups in total. The second-order valence-corrected chi connectivity index (χ2v) is 7.57. The first kappa shape index (κ1) is 19.4. The highest BCUT2D eigenvalue weighted by molar-refractivity contribution is 6.05. The summed E-state index contributed by atoms with van der Waals surface area (Å²) < 4.78 is 6.15. The third-order valence-corrected chi connectivity index (χ3v) is 5.83. The highest BCUT2D eigenvalue weighted by Gasteiger charge is 2.24. The van der Waals surface area contributed by atoms with Crippen molar-refractivity contribution in [1.82, 2.24) is 10.2 Å². The van der Waals surface area contributed by atoms with Gasteiger partial charge in [-0.1, -0.05) is 43.3 Å². The van der Waals surface area contributed by atoms with E-state index in [-0.39, 0.29) is 11.3 Å². The molecule has 1 atom stereocenters. The summed E-state index contributed by atoms with van der Waals surface area (Å²) in [4.78, 5) is 28.3. The number of nitrogens with zero attached hydrogens (tertiary/aromatic N) is 1. The van der Waals surface area contributed by atoms with Crippen LogP contribution in [0, 0.1) is 6.92 Å². The molecule has 2 heterocycles. The fraction of sp³-hybridized carbons (Fsp3) is 0.333. The summed E-state index contributed by atoms with van der Waals surface area (Å²) in [5, 5.41) is 3.48. The summed E-state index contributed by atoms with van der Waals surface area (Å²) in [5.41, 5.74) is 2.01.